The molecule has 0 bridgehead atoms. The first-order valence-electron chi connectivity index (χ1n) is 8.14. The van der Waals surface area contributed by atoms with E-state index in [1.54, 1.807) is 24.2 Å². The van der Waals surface area contributed by atoms with Crippen LogP contribution in [0.5, 0.6) is 0 Å². The highest BCUT2D eigenvalue weighted by Crippen LogP contribution is 2.29. The van der Waals surface area contributed by atoms with Crippen molar-refractivity contribution in [2.24, 2.45) is 0 Å². The topological polar surface area (TPSA) is 67.4 Å². The molecule has 0 amide bonds. The Morgan fingerprint density at radius 3 is 2.60 bits per heavy atom. The van der Waals surface area contributed by atoms with Crippen molar-refractivity contribution in [3.05, 3.63) is 53.9 Å². The second kappa shape index (κ2) is 7.95. The minimum Gasteiger partial charge on any atom is -0.270 e. The Morgan fingerprint density at radius 1 is 1.08 bits per heavy atom. The van der Waals surface area contributed by atoms with Crippen LogP contribution in [0.15, 0.2) is 47.9 Å². The molecule has 0 radical (unpaired) electrons. The molecule has 6 heteroatoms. The van der Waals surface area contributed by atoms with Crippen LogP contribution in [0.4, 0.5) is 0 Å². The van der Waals surface area contributed by atoms with Crippen LogP contribution in [0.3, 0.4) is 0 Å². The van der Waals surface area contributed by atoms with Gasteiger partial charge in [0.25, 0.3) is 0 Å². The fourth-order valence-electron chi connectivity index (χ4n) is 2.46. The van der Waals surface area contributed by atoms with E-state index in [-0.39, 0.29) is 0 Å². The van der Waals surface area contributed by atoms with E-state index in [0.29, 0.717) is 6.42 Å². The highest BCUT2D eigenvalue weighted by Gasteiger charge is 2.16. The Morgan fingerprint density at radius 2 is 1.88 bits per heavy atom. The third kappa shape index (κ3) is 3.89. The summed E-state index contributed by atoms with van der Waals surface area (Å²) in [7, 11) is 0. The van der Waals surface area contributed by atoms with Gasteiger partial charge in [-0.15, -0.1) is 10.2 Å². The summed E-state index contributed by atoms with van der Waals surface area (Å²) in [5, 5.41) is 18.4. The number of hydrogen-bond donors (Lipinski definition) is 0. The minimum atomic E-state index is 0.558. The SMILES string of the molecule is Cc1ccc(-n2c(SCCCC#N)nnc2-c2ccncc2)cc1C. The van der Waals surface area contributed by atoms with E-state index in [1.165, 1.54) is 11.1 Å². The molecule has 2 heterocycles. The number of thioether (sulfide) groups is 1. The Kier molecular flexibility index (Phi) is 5.46. The van der Waals surface area contributed by atoms with Crippen LogP contribution in [0, 0.1) is 25.2 Å². The van der Waals surface area contributed by atoms with Gasteiger partial charge >= 0.3 is 0 Å². The van der Waals surface area contributed by atoms with Gasteiger partial charge < -0.3 is 0 Å². The van der Waals surface area contributed by atoms with Gasteiger partial charge in [0, 0.05) is 30.1 Å². The molecule has 0 fully saturated rings. The average molecular weight is 349 g/mol. The summed E-state index contributed by atoms with van der Waals surface area (Å²) < 4.78 is 2.08. The van der Waals surface area contributed by atoms with E-state index in [4.69, 9.17) is 5.26 Å². The number of aromatic nitrogens is 4. The molecular formula is C19H19N5S. The molecule has 0 saturated heterocycles. The molecular weight excluding hydrogens is 330 g/mol. The highest BCUT2D eigenvalue weighted by molar-refractivity contribution is 7.99. The molecule has 0 spiro atoms. The largest absolute Gasteiger partial charge is 0.270 e. The molecule has 0 aliphatic rings. The zero-order chi connectivity index (χ0) is 17.6. The molecule has 3 rings (SSSR count). The predicted molar refractivity (Wildman–Crippen MR) is 99.6 cm³/mol. The van der Waals surface area contributed by atoms with Gasteiger partial charge in [-0.2, -0.15) is 5.26 Å². The number of aryl methyl sites for hydroxylation is 2. The lowest BCUT2D eigenvalue weighted by Gasteiger charge is -2.12. The van der Waals surface area contributed by atoms with Crippen LogP contribution in [-0.2, 0) is 0 Å². The van der Waals surface area contributed by atoms with Crippen molar-refractivity contribution in [2.75, 3.05) is 5.75 Å². The van der Waals surface area contributed by atoms with Crippen molar-refractivity contribution in [2.45, 2.75) is 31.8 Å². The smallest absolute Gasteiger partial charge is 0.196 e. The van der Waals surface area contributed by atoms with Crippen molar-refractivity contribution < 1.29 is 0 Å². The number of unbranched alkanes of at least 4 members (excludes halogenated alkanes) is 1. The molecule has 0 aliphatic carbocycles. The highest BCUT2D eigenvalue weighted by atomic mass is 32.2. The van der Waals surface area contributed by atoms with Crippen molar-refractivity contribution >= 4 is 11.8 Å². The lowest BCUT2D eigenvalue weighted by atomic mass is 10.1. The zero-order valence-electron chi connectivity index (χ0n) is 14.3. The van der Waals surface area contributed by atoms with E-state index >= 15 is 0 Å². The average Bonchev–Trinajstić information content (AvgIpc) is 3.06. The molecule has 5 nitrogen and oxygen atoms in total. The third-order valence-corrected chi connectivity index (χ3v) is 5.00. The first-order valence-corrected chi connectivity index (χ1v) is 9.12. The fraction of sp³-hybridized carbons (Fsp3) is 0.263. The second-order valence-electron chi connectivity index (χ2n) is 5.76. The summed E-state index contributed by atoms with van der Waals surface area (Å²) in [6.07, 6.45) is 4.91. The van der Waals surface area contributed by atoms with E-state index in [0.717, 1.165) is 34.4 Å². The van der Waals surface area contributed by atoms with Crippen molar-refractivity contribution in [3.8, 4) is 23.1 Å². The van der Waals surface area contributed by atoms with Gasteiger partial charge in [0.15, 0.2) is 11.0 Å². The van der Waals surface area contributed by atoms with Gasteiger partial charge in [0.1, 0.15) is 0 Å². The summed E-state index contributed by atoms with van der Waals surface area (Å²) in [5.74, 6) is 1.64. The number of hydrogen-bond acceptors (Lipinski definition) is 5. The third-order valence-electron chi connectivity index (χ3n) is 3.98. The molecule has 0 N–H and O–H groups in total. The normalized spacial score (nSPS) is 10.6. The van der Waals surface area contributed by atoms with Gasteiger partial charge in [-0.3, -0.25) is 9.55 Å². The van der Waals surface area contributed by atoms with E-state index in [2.05, 4.69) is 57.9 Å². The van der Waals surface area contributed by atoms with Crippen LogP contribution in [0.1, 0.15) is 24.0 Å². The molecule has 0 unspecified atom stereocenters. The van der Waals surface area contributed by atoms with E-state index in [9.17, 15) is 0 Å². The van der Waals surface area contributed by atoms with Crippen LogP contribution >= 0.6 is 11.8 Å². The summed E-state index contributed by atoms with van der Waals surface area (Å²) in [6.45, 7) is 4.21. The first-order chi connectivity index (χ1) is 12.2. The van der Waals surface area contributed by atoms with Gasteiger partial charge in [-0.1, -0.05) is 17.8 Å². The van der Waals surface area contributed by atoms with Gasteiger partial charge in [-0.25, -0.2) is 0 Å². The van der Waals surface area contributed by atoms with Crippen molar-refractivity contribution in [1.82, 2.24) is 19.7 Å². The Labute approximate surface area is 151 Å². The quantitative estimate of drug-likeness (QED) is 0.489. The summed E-state index contributed by atoms with van der Waals surface area (Å²) in [4.78, 5) is 4.08. The van der Waals surface area contributed by atoms with Crippen LogP contribution in [0.25, 0.3) is 17.1 Å². The van der Waals surface area contributed by atoms with E-state index < -0.39 is 0 Å². The van der Waals surface area contributed by atoms with Gasteiger partial charge in [0.05, 0.1) is 11.8 Å². The lowest BCUT2D eigenvalue weighted by Crippen LogP contribution is -2.01. The maximum absolute atomic E-state index is 8.71. The standard InChI is InChI=1S/C19H19N5S/c1-14-5-6-17(13-15(14)2)24-18(16-7-10-21-11-8-16)22-23-19(24)25-12-4-3-9-20/h5-8,10-11,13H,3-4,12H2,1-2H3. The summed E-state index contributed by atoms with van der Waals surface area (Å²) >= 11 is 1.63. The monoisotopic (exact) mass is 349 g/mol. The Hall–Kier alpha value is -2.65. The predicted octanol–water partition coefficient (Wildman–Crippen LogP) is 4.34. The van der Waals surface area contributed by atoms with Gasteiger partial charge in [-0.05, 0) is 55.7 Å². The van der Waals surface area contributed by atoms with Crippen molar-refractivity contribution in [3.63, 3.8) is 0 Å². The number of rotatable bonds is 6. The number of nitriles is 1. The Balaban J connectivity index is 2.03. The summed E-state index contributed by atoms with van der Waals surface area (Å²) in [5.41, 5.74) is 4.50. The molecule has 126 valence electrons. The number of benzene rings is 1. The van der Waals surface area contributed by atoms with Crippen molar-refractivity contribution in [1.29, 1.82) is 5.26 Å². The molecule has 0 atom stereocenters. The number of pyridine rings is 1. The zero-order valence-corrected chi connectivity index (χ0v) is 15.1. The van der Waals surface area contributed by atoms with E-state index in [1.807, 2.05) is 12.1 Å². The molecule has 3 aromatic rings. The molecule has 0 aliphatic heterocycles. The molecule has 2 aromatic heterocycles. The maximum atomic E-state index is 8.71. The Bertz CT molecular complexity index is 896. The first kappa shape index (κ1) is 17.2. The summed E-state index contributed by atoms with van der Waals surface area (Å²) in [6, 6.07) is 12.4. The fourth-order valence-corrected chi connectivity index (χ4v) is 3.35. The molecule has 25 heavy (non-hydrogen) atoms. The molecule has 0 saturated carbocycles. The maximum Gasteiger partial charge on any atom is 0.196 e. The van der Waals surface area contributed by atoms with Crippen LogP contribution < -0.4 is 0 Å². The van der Waals surface area contributed by atoms with Gasteiger partial charge in [0.2, 0.25) is 0 Å². The van der Waals surface area contributed by atoms with Crippen LogP contribution in [-0.4, -0.2) is 25.5 Å². The minimum absolute atomic E-state index is 0.558. The molecule has 1 aromatic carbocycles. The number of nitrogens with zero attached hydrogens (tertiary/aromatic N) is 5. The van der Waals surface area contributed by atoms with Crippen LogP contribution in [0.2, 0.25) is 0 Å². The lowest BCUT2D eigenvalue weighted by molar-refractivity contribution is 0.878. The second-order valence-corrected chi connectivity index (χ2v) is 6.82.